The Bertz CT molecular complexity index is 1320. The fourth-order valence-corrected chi connectivity index (χ4v) is 5.86. The third kappa shape index (κ3) is 4.58. The van der Waals surface area contributed by atoms with E-state index in [1.807, 2.05) is 6.07 Å². The van der Waals surface area contributed by atoms with E-state index >= 15 is 0 Å². The highest BCUT2D eigenvalue weighted by Crippen LogP contribution is 2.38. The highest BCUT2D eigenvalue weighted by Gasteiger charge is 2.31. The molecule has 4 heterocycles. The van der Waals surface area contributed by atoms with E-state index in [1.54, 1.807) is 18.6 Å². The summed E-state index contributed by atoms with van der Waals surface area (Å²) >= 11 is 6.51. The van der Waals surface area contributed by atoms with Gasteiger partial charge in [0.2, 0.25) is 5.95 Å². The van der Waals surface area contributed by atoms with Crippen molar-refractivity contribution in [3.63, 3.8) is 0 Å². The van der Waals surface area contributed by atoms with Crippen LogP contribution in [0.5, 0.6) is 0 Å². The maximum absolute atomic E-state index is 6.51. The summed E-state index contributed by atoms with van der Waals surface area (Å²) in [5.74, 6) is 2.35. The van der Waals surface area contributed by atoms with E-state index < -0.39 is 0 Å². The Labute approximate surface area is 216 Å². The van der Waals surface area contributed by atoms with Gasteiger partial charge >= 0.3 is 0 Å². The van der Waals surface area contributed by atoms with Gasteiger partial charge in [0, 0.05) is 31.5 Å². The van der Waals surface area contributed by atoms with Crippen LogP contribution in [0, 0.1) is 11.8 Å². The van der Waals surface area contributed by atoms with Crippen LogP contribution < -0.4 is 4.90 Å². The average Bonchev–Trinajstić information content (AvgIpc) is 3.28. The molecule has 1 aromatic carbocycles. The summed E-state index contributed by atoms with van der Waals surface area (Å²) in [6.07, 6.45) is 10.1. The number of halogens is 1. The summed E-state index contributed by atoms with van der Waals surface area (Å²) in [5.41, 5.74) is 4.49. The Morgan fingerprint density at radius 3 is 2.67 bits per heavy atom. The number of hydrogen-bond donors (Lipinski definition) is 0. The van der Waals surface area contributed by atoms with Crippen molar-refractivity contribution in [3.05, 3.63) is 65.7 Å². The number of anilines is 1. The fourth-order valence-electron chi connectivity index (χ4n) is 5.67. The van der Waals surface area contributed by atoms with Gasteiger partial charge in [-0.1, -0.05) is 61.7 Å². The van der Waals surface area contributed by atoms with Crippen molar-refractivity contribution in [2.24, 2.45) is 11.8 Å². The molecule has 0 unspecified atom stereocenters. The second-order valence-corrected chi connectivity index (χ2v) is 10.5. The lowest BCUT2D eigenvalue weighted by atomic mass is 9.83. The number of ether oxygens (including phenoxy) is 1. The zero-order valence-electron chi connectivity index (χ0n) is 20.6. The van der Waals surface area contributed by atoms with Crippen molar-refractivity contribution in [2.75, 3.05) is 24.7 Å². The molecule has 36 heavy (non-hydrogen) atoms. The van der Waals surface area contributed by atoms with Gasteiger partial charge in [-0.25, -0.2) is 9.97 Å². The lowest BCUT2D eigenvalue weighted by Crippen LogP contribution is -2.41. The van der Waals surface area contributed by atoms with Gasteiger partial charge in [-0.05, 0) is 30.2 Å². The highest BCUT2D eigenvalue weighted by atomic mass is 35.5. The molecule has 0 N–H and O–H groups in total. The normalized spacial score (nSPS) is 22.7. The minimum Gasteiger partial charge on any atom is -0.377 e. The number of benzene rings is 1. The summed E-state index contributed by atoms with van der Waals surface area (Å²) in [6, 6.07) is 12.5. The first-order valence-corrected chi connectivity index (χ1v) is 13.3. The maximum atomic E-state index is 6.51. The topological polar surface area (TPSA) is 69.0 Å². The quantitative estimate of drug-likeness (QED) is 0.314. The molecule has 186 valence electrons. The van der Waals surface area contributed by atoms with E-state index in [0.29, 0.717) is 30.0 Å². The van der Waals surface area contributed by atoms with Gasteiger partial charge in [-0.2, -0.15) is 0 Å². The van der Waals surface area contributed by atoms with Gasteiger partial charge in [0.1, 0.15) is 16.5 Å². The summed E-state index contributed by atoms with van der Waals surface area (Å²) < 4.78 is 8.33. The van der Waals surface area contributed by atoms with E-state index in [2.05, 4.69) is 56.7 Å². The Balaban J connectivity index is 1.52. The van der Waals surface area contributed by atoms with Crippen LogP contribution >= 0.6 is 11.6 Å². The Morgan fingerprint density at radius 1 is 1.06 bits per heavy atom. The van der Waals surface area contributed by atoms with Crippen molar-refractivity contribution >= 4 is 28.6 Å². The molecule has 0 bridgehead atoms. The summed E-state index contributed by atoms with van der Waals surface area (Å²) in [5, 5.41) is 0.410. The number of aromatic nitrogens is 5. The molecule has 4 aromatic rings. The molecule has 1 aliphatic carbocycles. The molecule has 6 rings (SSSR count). The van der Waals surface area contributed by atoms with Gasteiger partial charge in [-0.3, -0.25) is 9.97 Å². The van der Waals surface area contributed by atoms with Crippen LogP contribution in [0.2, 0.25) is 5.15 Å². The lowest BCUT2D eigenvalue weighted by molar-refractivity contribution is 0.0927. The van der Waals surface area contributed by atoms with E-state index in [4.69, 9.17) is 26.3 Å². The van der Waals surface area contributed by atoms with E-state index in [-0.39, 0.29) is 6.04 Å². The number of morpholine rings is 1. The largest absolute Gasteiger partial charge is 0.377 e. The van der Waals surface area contributed by atoms with Crippen LogP contribution in [0.4, 0.5) is 5.95 Å². The standard InChI is InChI=1S/C28H31ClN6O/c1-19-7-9-20(10-8-19)17-35-27-22(15-25(29)33-26(27)23-16-30-11-12-31-23)32-28(35)34-13-14-36-18-24(34)21-5-3-2-4-6-21/h2-6,11-12,15-16,19-20,24H,7-10,13-14,17-18H2,1H3/t19-,20-,24-/m0/s1. The maximum Gasteiger partial charge on any atom is 0.207 e. The fraction of sp³-hybridized carbons (Fsp3) is 0.429. The summed E-state index contributed by atoms with van der Waals surface area (Å²) in [6.45, 7) is 5.33. The van der Waals surface area contributed by atoms with Crippen LogP contribution in [0.15, 0.2) is 55.0 Å². The van der Waals surface area contributed by atoms with Crippen LogP contribution in [0.25, 0.3) is 22.4 Å². The van der Waals surface area contributed by atoms with Gasteiger partial charge in [0.25, 0.3) is 0 Å². The second kappa shape index (κ2) is 10.1. The first-order valence-electron chi connectivity index (χ1n) is 12.9. The van der Waals surface area contributed by atoms with E-state index in [1.165, 1.54) is 31.2 Å². The minimum atomic E-state index is 0.0882. The Morgan fingerprint density at radius 2 is 1.89 bits per heavy atom. The third-order valence-corrected chi connectivity index (χ3v) is 7.82. The molecule has 1 saturated heterocycles. The Kier molecular flexibility index (Phi) is 6.59. The molecule has 8 heteroatoms. The lowest BCUT2D eigenvalue weighted by Gasteiger charge is -2.37. The first kappa shape index (κ1) is 23.4. The number of imidazole rings is 1. The molecule has 2 aliphatic rings. The minimum absolute atomic E-state index is 0.0882. The summed E-state index contributed by atoms with van der Waals surface area (Å²) in [4.78, 5) is 21.2. The molecule has 0 amide bonds. The zero-order chi connectivity index (χ0) is 24.5. The second-order valence-electron chi connectivity index (χ2n) is 10.1. The average molecular weight is 503 g/mol. The third-order valence-electron chi connectivity index (χ3n) is 7.62. The van der Waals surface area contributed by atoms with Crippen molar-refractivity contribution in [2.45, 2.75) is 45.2 Å². The van der Waals surface area contributed by atoms with Crippen molar-refractivity contribution in [1.82, 2.24) is 24.5 Å². The van der Waals surface area contributed by atoms with Gasteiger partial charge in [0.05, 0.1) is 36.5 Å². The van der Waals surface area contributed by atoms with Crippen molar-refractivity contribution < 1.29 is 4.74 Å². The molecule has 2 fully saturated rings. The first-order chi connectivity index (χ1) is 17.7. The number of fused-ring (bicyclic) bond motifs is 1. The number of nitrogens with zero attached hydrogens (tertiary/aromatic N) is 6. The molecule has 1 atom stereocenters. The number of rotatable bonds is 5. The predicted molar refractivity (Wildman–Crippen MR) is 142 cm³/mol. The number of hydrogen-bond acceptors (Lipinski definition) is 6. The van der Waals surface area contributed by atoms with Gasteiger partial charge in [-0.15, -0.1) is 0 Å². The van der Waals surface area contributed by atoms with Crippen molar-refractivity contribution in [1.29, 1.82) is 0 Å². The molecule has 1 saturated carbocycles. The van der Waals surface area contributed by atoms with Crippen LogP contribution in [-0.2, 0) is 11.3 Å². The van der Waals surface area contributed by atoms with E-state index in [9.17, 15) is 0 Å². The molecule has 0 radical (unpaired) electrons. The van der Waals surface area contributed by atoms with Gasteiger partial charge < -0.3 is 14.2 Å². The van der Waals surface area contributed by atoms with Gasteiger partial charge in [0.15, 0.2) is 0 Å². The summed E-state index contributed by atoms with van der Waals surface area (Å²) in [7, 11) is 0. The monoisotopic (exact) mass is 502 g/mol. The van der Waals surface area contributed by atoms with Crippen LogP contribution in [0.1, 0.15) is 44.2 Å². The molecular formula is C28H31ClN6O. The zero-order valence-corrected chi connectivity index (χ0v) is 21.3. The molecule has 7 nitrogen and oxygen atoms in total. The molecule has 3 aromatic heterocycles. The van der Waals surface area contributed by atoms with Crippen molar-refractivity contribution in [3.8, 4) is 11.4 Å². The van der Waals surface area contributed by atoms with Crippen LogP contribution in [0.3, 0.4) is 0 Å². The SMILES string of the molecule is C[C@H]1CC[C@H](Cn2c(N3CCOC[C@H]3c3ccccc3)nc3cc(Cl)nc(-c4cnccn4)c32)CC1. The number of pyridine rings is 1. The molecule has 1 aliphatic heterocycles. The highest BCUT2D eigenvalue weighted by molar-refractivity contribution is 6.30. The van der Waals surface area contributed by atoms with Crippen LogP contribution in [-0.4, -0.2) is 44.3 Å². The smallest absolute Gasteiger partial charge is 0.207 e. The Hall–Kier alpha value is -3.03. The molecule has 0 spiro atoms. The predicted octanol–water partition coefficient (Wildman–Crippen LogP) is 5.95. The molecular weight excluding hydrogens is 472 g/mol. The van der Waals surface area contributed by atoms with E-state index in [0.717, 1.165) is 41.7 Å².